The predicted octanol–water partition coefficient (Wildman–Crippen LogP) is 5.79. The van der Waals surface area contributed by atoms with Gasteiger partial charge in [0.2, 0.25) is 5.95 Å². The summed E-state index contributed by atoms with van der Waals surface area (Å²) in [5.74, 6) is 2.41. The molecule has 1 aromatic heterocycles. The van der Waals surface area contributed by atoms with Crippen LogP contribution < -0.4 is 35.0 Å². The minimum Gasteiger partial charge on any atom is -0.494 e. The van der Waals surface area contributed by atoms with Gasteiger partial charge in [-0.15, -0.1) is 0 Å². The van der Waals surface area contributed by atoms with Crippen LogP contribution in [0.15, 0.2) is 28.9 Å². The fourth-order valence-corrected chi connectivity index (χ4v) is 8.09. The molecule has 10 nitrogen and oxygen atoms in total. The van der Waals surface area contributed by atoms with E-state index >= 15 is 4.39 Å². The first kappa shape index (κ1) is 33.0. The molecule has 13 heteroatoms. The van der Waals surface area contributed by atoms with E-state index in [0.717, 1.165) is 80.3 Å². The zero-order chi connectivity index (χ0) is 32.4. The third-order valence-electron chi connectivity index (χ3n) is 9.10. The molecule has 2 fully saturated rings. The number of nitrogens with zero attached hydrogens (tertiary/aromatic N) is 5. The van der Waals surface area contributed by atoms with Gasteiger partial charge in [0.1, 0.15) is 30.5 Å². The molecule has 0 unspecified atom stereocenters. The van der Waals surface area contributed by atoms with Crippen molar-refractivity contribution in [2.24, 2.45) is 0 Å². The van der Waals surface area contributed by atoms with Crippen molar-refractivity contribution in [3.8, 4) is 17.2 Å². The van der Waals surface area contributed by atoms with Crippen LogP contribution >= 0.6 is 23.9 Å². The van der Waals surface area contributed by atoms with Gasteiger partial charge in [-0.3, -0.25) is 4.90 Å². The number of methoxy groups -OCH3 is 1. The maximum Gasteiger partial charge on any atom is 0.229 e. The SMILES string of the molecule is CCc1c(N2CCC(N3CCN(C)CC3)CC2)cc(OC)c(Nc2ncc(Br)c(Nc3ccc4c(c3P(C)C)OCCO4)n2)c1F. The Hall–Kier alpha value is -2.92. The van der Waals surface area contributed by atoms with E-state index in [4.69, 9.17) is 19.2 Å². The summed E-state index contributed by atoms with van der Waals surface area (Å²) in [6.07, 6.45) is 4.35. The maximum absolute atomic E-state index is 16.4. The second-order valence-corrected chi connectivity index (χ2v) is 15.3. The molecule has 0 bridgehead atoms. The second kappa shape index (κ2) is 14.5. The number of aromatic nitrogens is 2. The van der Waals surface area contributed by atoms with E-state index in [2.05, 4.69) is 66.6 Å². The summed E-state index contributed by atoms with van der Waals surface area (Å²) in [6.45, 7) is 13.7. The monoisotopic (exact) mass is 715 g/mol. The lowest BCUT2D eigenvalue weighted by molar-refractivity contribution is 0.0982. The number of ether oxygens (including phenoxy) is 3. The number of piperazine rings is 1. The van der Waals surface area contributed by atoms with Gasteiger partial charge in [0.25, 0.3) is 0 Å². The molecule has 0 spiro atoms. The molecule has 46 heavy (non-hydrogen) atoms. The van der Waals surface area contributed by atoms with Crippen LogP contribution in [-0.4, -0.2) is 106 Å². The lowest BCUT2D eigenvalue weighted by Gasteiger charge is -2.43. The Kier molecular flexibility index (Phi) is 10.4. The van der Waals surface area contributed by atoms with E-state index < -0.39 is 7.92 Å². The van der Waals surface area contributed by atoms with Crippen molar-refractivity contribution < 1.29 is 18.6 Å². The van der Waals surface area contributed by atoms with Crippen LogP contribution in [0.2, 0.25) is 0 Å². The summed E-state index contributed by atoms with van der Waals surface area (Å²) in [5.41, 5.74) is 2.68. The summed E-state index contributed by atoms with van der Waals surface area (Å²) < 4.78 is 34.6. The highest BCUT2D eigenvalue weighted by atomic mass is 79.9. The van der Waals surface area contributed by atoms with Crippen LogP contribution in [0.1, 0.15) is 25.3 Å². The molecule has 3 aliphatic heterocycles. The molecular weight excluding hydrogens is 672 g/mol. The second-order valence-electron chi connectivity index (χ2n) is 12.2. The molecule has 2 aromatic carbocycles. The zero-order valence-electron chi connectivity index (χ0n) is 27.3. The van der Waals surface area contributed by atoms with Gasteiger partial charge < -0.3 is 34.6 Å². The first-order valence-electron chi connectivity index (χ1n) is 16.0. The van der Waals surface area contributed by atoms with Crippen LogP contribution in [0.4, 0.5) is 33.2 Å². The van der Waals surface area contributed by atoms with Crippen molar-refractivity contribution >= 4 is 58.0 Å². The molecule has 2 N–H and O–H groups in total. The van der Waals surface area contributed by atoms with E-state index in [1.54, 1.807) is 13.3 Å². The zero-order valence-corrected chi connectivity index (χ0v) is 29.8. The quantitative estimate of drug-likeness (QED) is 0.266. The van der Waals surface area contributed by atoms with E-state index in [9.17, 15) is 0 Å². The van der Waals surface area contributed by atoms with Gasteiger partial charge >= 0.3 is 0 Å². The first-order valence-corrected chi connectivity index (χ1v) is 19.0. The summed E-state index contributed by atoms with van der Waals surface area (Å²) in [6, 6.07) is 6.44. The molecule has 0 atom stereocenters. The standard InChI is InChI=1S/C33H44BrFN7O3P/c1-6-22-25(42-11-9-21(10-12-42)41-15-13-40(2)14-16-41)19-27(43-3)29(28(22)35)38-33-36-20-23(34)32(39-33)37-24-7-8-26-30(31(24)46(4)5)45-18-17-44-26/h7-8,19-21H,6,9-18H2,1-5H3,(H2,36,37,38,39). The van der Waals surface area contributed by atoms with Crippen LogP contribution in [0.25, 0.3) is 0 Å². The lowest BCUT2D eigenvalue weighted by Crippen LogP contribution is -2.52. The number of benzene rings is 2. The van der Waals surface area contributed by atoms with Crippen LogP contribution in [0.3, 0.4) is 0 Å². The van der Waals surface area contributed by atoms with Crippen molar-refractivity contribution in [2.45, 2.75) is 32.2 Å². The number of halogens is 2. The van der Waals surface area contributed by atoms with Crippen molar-refractivity contribution in [1.29, 1.82) is 0 Å². The van der Waals surface area contributed by atoms with Crippen molar-refractivity contribution in [3.63, 3.8) is 0 Å². The summed E-state index contributed by atoms with van der Waals surface area (Å²) >= 11 is 3.59. The fraction of sp³-hybridized carbons (Fsp3) is 0.515. The molecule has 4 heterocycles. The number of hydrogen-bond acceptors (Lipinski definition) is 10. The van der Waals surface area contributed by atoms with Crippen molar-refractivity contribution in [1.82, 2.24) is 19.8 Å². The highest BCUT2D eigenvalue weighted by Crippen LogP contribution is 2.43. The minimum atomic E-state index is -0.534. The van der Waals surface area contributed by atoms with Crippen molar-refractivity contribution in [3.05, 3.63) is 40.2 Å². The maximum atomic E-state index is 16.4. The van der Waals surface area contributed by atoms with E-state index in [1.807, 2.05) is 25.1 Å². The summed E-state index contributed by atoms with van der Waals surface area (Å²) in [5, 5.41) is 7.65. The average Bonchev–Trinajstić information content (AvgIpc) is 3.07. The summed E-state index contributed by atoms with van der Waals surface area (Å²) in [4.78, 5) is 16.5. The van der Waals surface area contributed by atoms with Crippen LogP contribution in [-0.2, 0) is 6.42 Å². The summed E-state index contributed by atoms with van der Waals surface area (Å²) in [7, 11) is 3.23. The minimum absolute atomic E-state index is 0.231. The number of anilines is 5. The van der Waals surface area contributed by atoms with Crippen molar-refractivity contribution in [2.75, 3.05) is 95.5 Å². The number of nitrogens with one attached hydrogen (secondary N) is 2. The van der Waals surface area contributed by atoms with Crippen LogP contribution in [0, 0.1) is 5.82 Å². The third kappa shape index (κ3) is 6.86. The number of hydrogen-bond donors (Lipinski definition) is 2. The number of fused-ring (bicyclic) bond motifs is 1. The van der Waals surface area contributed by atoms with Gasteiger partial charge in [0, 0.05) is 74.1 Å². The number of rotatable bonds is 9. The Morgan fingerprint density at radius 2 is 1.80 bits per heavy atom. The molecule has 3 aromatic rings. The van der Waals surface area contributed by atoms with Crippen LogP contribution in [0.5, 0.6) is 17.2 Å². The molecular formula is C33H44BrFN7O3P. The largest absolute Gasteiger partial charge is 0.494 e. The fourth-order valence-electron chi connectivity index (χ4n) is 6.61. The Bertz CT molecular complexity index is 1550. The highest BCUT2D eigenvalue weighted by molar-refractivity contribution is 9.10. The Balaban J connectivity index is 1.23. The van der Waals surface area contributed by atoms with Gasteiger partial charge in [0.05, 0.1) is 17.3 Å². The number of likely N-dealkylation sites (N-methyl/N-ethyl adjacent to an activating group) is 1. The smallest absolute Gasteiger partial charge is 0.229 e. The molecule has 0 saturated carbocycles. The molecule has 0 radical (unpaired) electrons. The topological polar surface area (TPSA) is 87.3 Å². The highest BCUT2D eigenvalue weighted by Gasteiger charge is 2.30. The van der Waals surface area contributed by atoms with E-state index in [1.165, 1.54) is 0 Å². The third-order valence-corrected chi connectivity index (χ3v) is 11.0. The molecule has 0 amide bonds. The Morgan fingerprint density at radius 1 is 1.07 bits per heavy atom. The Morgan fingerprint density at radius 3 is 2.50 bits per heavy atom. The Labute approximate surface area is 280 Å². The van der Waals surface area contributed by atoms with Gasteiger partial charge in [-0.25, -0.2) is 9.37 Å². The predicted molar refractivity (Wildman–Crippen MR) is 189 cm³/mol. The van der Waals surface area contributed by atoms with Gasteiger partial charge in [-0.1, -0.05) is 14.8 Å². The van der Waals surface area contributed by atoms with E-state index in [0.29, 0.717) is 47.3 Å². The number of piperidine rings is 1. The lowest BCUT2D eigenvalue weighted by atomic mass is 9.99. The normalized spacial score (nSPS) is 17.8. The van der Waals surface area contributed by atoms with E-state index in [-0.39, 0.29) is 17.5 Å². The molecule has 248 valence electrons. The molecule has 0 aliphatic carbocycles. The van der Waals surface area contributed by atoms with Gasteiger partial charge in [-0.2, -0.15) is 4.98 Å². The van der Waals surface area contributed by atoms with Gasteiger partial charge in [-0.05, 0) is 67.7 Å². The van der Waals surface area contributed by atoms with Gasteiger partial charge in [0.15, 0.2) is 17.3 Å². The molecule has 2 saturated heterocycles. The molecule has 3 aliphatic rings. The molecule has 6 rings (SSSR count). The average molecular weight is 717 g/mol. The first-order chi connectivity index (χ1) is 22.3.